The highest BCUT2D eigenvalue weighted by Gasteiger charge is 2.29. The molecule has 1 aromatic heterocycles. The minimum atomic E-state index is -0.405. The summed E-state index contributed by atoms with van der Waals surface area (Å²) in [6, 6.07) is 2.07. The summed E-state index contributed by atoms with van der Waals surface area (Å²) < 4.78 is 6.47. The molecule has 2 heterocycles. The summed E-state index contributed by atoms with van der Waals surface area (Å²) in [6.45, 7) is 9.49. The largest absolute Gasteiger partial charge is 0.460 e. The van der Waals surface area contributed by atoms with Crippen molar-refractivity contribution >= 4 is 27.7 Å². The lowest BCUT2D eigenvalue weighted by molar-refractivity contribution is -0.160. The fourth-order valence-corrected chi connectivity index (χ4v) is 3.02. The molecule has 0 aromatic carbocycles. The van der Waals surface area contributed by atoms with E-state index in [0.717, 1.165) is 41.8 Å². The van der Waals surface area contributed by atoms with Crippen molar-refractivity contribution in [3.05, 3.63) is 22.3 Å². The van der Waals surface area contributed by atoms with Crippen LogP contribution in [0.4, 0.5) is 5.82 Å². The van der Waals surface area contributed by atoms with Crippen molar-refractivity contribution in [1.29, 1.82) is 0 Å². The van der Waals surface area contributed by atoms with E-state index < -0.39 is 5.60 Å². The molecule has 0 bridgehead atoms. The van der Waals surface area contributed by atoms with E-state index >= 15 is 0 Å². The van der Waals surface area contributed by atoms with Gasteiger partial charge in [0.1, 0.15) is 11.4 Å². The van der Waals surface area contributed by atoms with Crippen molar-refractivity contribution in [3.8, 4) is 0 Å². The number of carbonyl (C=O) groups is 1. The number of carbonyl (C=O) groups excluding carboxylic acids is 1. The molecule has 0 aliphatic carbocycles. The minimum absolute atomic E-state index is 0.0104. The zero-order valence-electron chi connectivity index (χ0n) is 13.1. The molecule has 4 nitrogen and oxygen atoms in total. The molecule has 0 spiro atoms. The molecule has 5 heteroatoms. The Bertz CT molecular complexity index is 517. The molecule has 0 atom stereocenters. The maximum absolute atomic E-state index is 12.1. The predicted octanol–water partition coefficient (Wildman–Crippen LogP) is 3.71. The van der Waals surface area contributed by atoms with Gasteiger partial charge in [0.25, 0.3) is 0 Å². The van der Waals surface area contributed by atoms with Crippen LogP contribution in [0.2, 0.25) is 0 Å². The topological polar surface area (TPSA) is 42.4 Å². The lowest BCUT2D eigenvalue weighted by Gasteiger charge is -2.33. The minimum Gasteiger partial charge on any atom is -0.460 e. The van der Waals surface area contributed by atoms with Gasteiger partial charge in [0.05, 0.1) is 5.92 Å². The molecule has 0 saturated carbocycles. The molecule has 21 heavy (non-hydrogen) atoms. The number of halogens is 1. The summed E-state index contributed by atoms with van der Waals surface area (Å²) >= 11 is 3.43. The third kappa shape index (κ3) is 4.43. The first-order chi connectivity index (χ1) is 9.76. The van der Waals surface area contributed by atoms with Gasteiger partial charge in [0.15, 0.2) is 0 Å². The molecule has 0 N–H and O–H groups in total. The lowest BCUT2D eigenvalue weighted by atomic mass is 9.96. The van der Waals surface area contributed by atoms with E-state index in [1.54, 1.807) is 0 Å². The van der Waals surface area contributed by atoms with Crippen molar-refractivity contribution in [2.24, 2.45) is 5.92 Å². The number of ether oxygens (including phenoxy) is 1. The highest BCUT2D eigenvalue weighted by molar-refractivity contribution is 9.10. The quantitative estimate of drug-likeness (QED) is 0.759. The first-order valence-electron chi connectivity index (χ1n) is 7.36. The fraction of sp³-hybridized carbons (Fsp3) is 0.625. The molecule has 1 aromatic rings. The van der Waals surface area contributed by atoms with E-state index in [0.29, 0.717) is 0 Å². The zero-order valence-corrected chi connectivity index (χ0v) is 14.7. The van der Waals surface area contributed by atoms with Crippen LogP contribution in [0.15, 0.2) is 16.7 Å². The van der Waals surface area contributed by atoms with Crippen LogP contribution < -0.4 is 4.90 Å². The highest BCUT2D eigenvalue weighted by Crippen LogP contribution is 2.27. The third-order valence-corrected chi connectivity index (χ3v) is 3.99. The summed E-state index contributed by atoms with van der Waals surface area (Å²) in [4.78, 5) is 18.9. The molecular weight excluding hydrogens is 332 g/mol. The highest BCUT2D eigenvalue weighted by atomic mass is 79.9. The molecule has 2 rings (SSSR count). The molecular formula is C16H23BrN2O2. The Morgan fingerprint density at radius 1 is 1.38 bits per heavy atom. The molecule has 1 aliphatic rings. The van der Waals surface area contributed by atoms with Gasteiger partial charge in [-0.05, 0) is 68.1 Å². The van der Waals surface area contributed by atoms with E-state index in [4.69, 9.17) is 4.74 Å². The van der Waals surface area contributed by atoms with Crippen LogP contribution >= 0.6 is 15.9 Å². The second-order valence-corrected chi connectivity index (χ2v) is 7.50. The summed E-state index contributed by atoms with van der Waals surface area (Å²) in [5.41, 5.74) is 0.748. The number of aryl methyl sites for hydroxylation is 1. The summed E-state index contributed by atoms with van der Waals surface area (Å²) in [7, 11) is 0. The Kier molecular flexibility index (Phi) is 4.91. The van der Waals surface area contributed by atoms with Gasteiger partial charge in [-0.1, -0.05) is 0 Å². The maximum atomic E-state index is 12.1. The van der Waals surface area contributed by atoms with E-state index in [1.165, 1.54) is 0 Å². The molecule has 116 valence electrons. The molecule has 1 saturated heterocycles. The van der Waals surface area contributed by atoms with E-state index in [1.807, 2.05) is 27.0 Å². The summed E-state index contributed by atoms with van der Waals surface area (Å²) in [5, 5.41) is 0. The van der Waals surface area contributed by atoms with Crippen molar-refractivity contribution < 1.29 is 9.53 Å². The number of hydrogen-bond donors (Lipinski definition) is 0. The molecule has 1 fully saturated rings. The van der Waals surface area contributed by atoms with Crippen LogP contribution in [0, 0.1) is 12.8 Å². The Morgan fingerprint density at radius 3 is 2.52 bits per heavy atom. The van der Waals surface area contributed by atoms with E-state index in [-0.39, 0.29) is 11.9 Å². The smallest absolute Gasteiger partial charge is 0.309 e. The Balaban J connectivity index is 1.95. The van der Waals surface area contributed by atoms with Crippen LogP contribution in [0.1, 0.15) is 39.2 Å². The van der Waals surface area contributed by atoms with Crippen LogP contribution in [0.5, 0.6) is 0 Å². The van der Waals surface area contributed by atoms with Gasteiger partial charge in [0.2, 0.25) is 0 Å². The first-order valence-corrected chi connectivity index (χ1v) is 8.15. The second kappa shape index (κ2) is 6.34. The van der Waals surface area contributed by atoms with Crippen LogP contribution in [0.25, 0.3) is 0 Å². The number of anilines is 1. The van der Waals surface area contributed by atoms with Gasteiger partial charge in [-0.25, -0.2) is 4.98 Å². The Labute approximate surface area is 135 Å². The zero-order chi connectivity index (χ0) is 15.6. The average molecular weight is 355 g/mol. The van der Waals surface area contributed by atoms with Crippen LogP contribution in [-0.2, 0) is 9.53 Å². The van der Waals surface area contributed by atoms with Crippen molar-refractivity contribution in [1.82, 2.24) is 4.98 Å². The van der Waals surface area contributed by atoms with E-state index in [2.05, 4.69) is 38.8 Å². The number of nitrogens with zero attached hydrogens (tertiary/aromatic N) is 2. The van der Waals surface area contributed by atoms with Crippen molar-refractivity contribution in [2.45, 2.75) is 46.1 Å². The van der Waals surface area contributed by atoms with Gasteiger partial charge < -0.3 is 9.64 Å². The average Bonchev–Trinajstić information content (AvgIpc) is 2.37. The van der Waals surface area contributed by atoms with Gasteiger partial charge in [-0.15, -0.1) is 0 Å². The molecule has 1 aliphatic heterocycles. The summed E-state index contributed by atoms with van der Waals surface area (Å²) in [5.74, 6) is 0.958. The van der Waals surface area contributed by atoms with Gasteiger partial charge in [-0.2, -0.15) is 0 Å². The normalized spacial score (nSPS) is 16.9. The SMILES string of the molecule is Cc1cc(Br)cnc1N1CCC(C(=O)OC(C)(C)C)CC1. The summed E-state index contributed by atoms with van der Waals surface area (Å²) in [6.07, 6.45) is 3.47. The molecule has 0 amide bonds. The number of esters is 1. The van der Waals surface area contributed by atoms with Gasteiger partial charge in [0, 0.05) is 23.8 Å². The van der Waals surface area contributed by atoms with Crippen LogP contribution in [0.3, 0.4) is 0 Å². The number of aromatic nitrogens is 1. The fourth-order valence-electron chi connectivity index (χ4n) is 2.58. The third-order valence-electron chi connectivity index (χ3n) is 3.55. The first kappa shape index (κ1) is 16.3. The van der Waals surface area contributed by atoms with Crippen molar-refractivity contribution in [2.75, 3.05) is 18.0 Å². The number of piperidine rings is 1. The molecule has 0 radical (unpaired) electrons. The molecule has 0 unspecified atom stereocenters. The van der Waals surface area contributed by atoms with Gasteiger partial charge in [-0.3, -0.25) is 4.79 Å². The Morgan fingerprint density at radius 2 is 2.00 bits per heavy atom. The Hall–Kier alpha value is -1.10. The monoisotopic (exact) mass is 354 g/mol. The van der Waals surface area contributed by atoms with E-state index in [9.17, 15) is 4.79 Å². The lowest BCUT2D eigenvalue weighted by Crippen LogP contribution is -2.39. The predicted molar refractivity (Wildman–Crippen MR) is 87.5 cm³/mol. The standard InChI is InChI=1S/C16H23BrN2O2/c1-11-9-13(17)10-18-14(11)19-7-5-12(6-8-19)15(20)21-16(2,3)4/h9-10,12H,5-8H2,1-4H3. The number of rotatable bonds is 2. The van der Waals surface area contributed by atoms with Gasteiger partial charge >= 0.3 is 5.97 Å². The van der Waals surface area contributed by atoms with Crippen LogP contribution in [-0.4, -0.2) is 29.6 Å². The number of hydrogen-bond acceptors (Lipinski definition) is 4. The number of pyridine rings is 1. The maximum Gasteiger partial charge on any atom is 0.309 e. The second-order valence-electron chi connectivity index (χ2n) is 6.59. The van der Waals surface area contributed by atoms with Crippen molar-refractivity contribution in [3.63, 3.8) is 0 Å².